The van der Waals surface area contributed by atoms with Crippen molar-refractivity contribution in [3.63, 3.8) is 0 Å². The van der Waals surface area contributed by atoms with Crippen molar-refractivity contribution in [2.24, 2.45) is 0 Å². The zero-order valence-corrected chi connectivity index (χ0v) is 16.4. The van der Waals surface area contributed by atoms with Gasteiger partial charge in [-0.1, -0.05) is 26.8 Å². The Morgan fingerprint density at radius 1 is 1.12 bits per heavy atom. The molecule has 4 nitrogen and oxygen atoms in total. The van der Waals surface area contributed by atoms with E-state index in [-0.39, 0.29) is 16.7 Å². The predicted molar refractivity (Wildman–Crippen MR) is 100 cm³/mol. The second-order valence-electron chi connectivity index (χ2n) is 7.29. The molecule has 0 saturated carbocycles. The van der Waals surface area contributed by atoms with Crippen LogP contribution in [0.5, 0.6) is 5.75 Å². The summed E-state index contributed by atoms with van der Waals surface area (Å²) in [5.74, 6) is 0.330. The number of nitro groups is 1. The summed E-state index contributed by atoms with van der Waals surface area (Å²) in [5, 5.41) is 11.0. The van der Waals surface area contributed by atoms with E-state index in [1.807, 2.05) is 13.0 Å². The van der Waals surface area contributed by atoms with Crippen LogP contribution in [-0.2, 0) is 5.41 Å². The summed E-state index contributed by atoms with van der Waals surface area (Å²) in [6.45, 7) is 12.3. The molecule has 0 heterocycles. The molecular weight excluding hydrogens is 337 g/mol. The third-order valence-corrected chi connectivity index (χ3v) is 4.57. The molecule has 0 atom stereocenters. The summed E-state index contributed by atoms with van der Waals surface area (Å²) in [6, 6.07) is 7.25. The van der Waals surface area contributed by atoms with Gasteiger partial charge in [0.25, 0.3) is 14.7 Å². The molecular formula is C19H23FNO3Si. The minimum atomic E-state index is -0.951. The van der Waals surface area contributed by atoms with Crippen molar-refractivity contribution < 1.29 is 13.7 Å². The third-order valence-electron chi connectivity index (χ3n) is 3.94. The van der Waals surface area contributed by atoms with Crippen LogP contribution in [-0.4, -0.2) is 14.0 Å². The molecule has 0 aliphatic heterocycles. The van der Waals surface area contributed by atoms with Crippen LogP contribution in [0, 0.1) is 22.9 Å². The number of nitro benzene ring substituents is 1. The summed E-state index contributed by atoms with van der Waals surface area (Å²) >= 11 is 0. The highest BCUT2D eigenvalue weighted by Gasteiger charge is 2.25. The number of non-ortho nitro benzene ring substituents is 1. The van der Waals surface area contributed by atoms with Gasteiger partial charge in [0.05, 0.1) is 4.92 Å². The molecule has 0 aliphatic carbocycles. The van der Waals surface area contributed by atoms with Crippen molar-refractivity contribution in [3.05, 3.63) is 57.4 Å². The number of hydrogen-bond acceptors (Lipinski definition) is 3. The molecule has 0 saturated heterocycles. The van der Waals surface area contributed by atoms with E-state index in [4.69, 9.17) is 4.43 Å². The molecule has 0 bridgehead atoms. The van der Waals surface area contributed by atoms with Gasteiger partial charge in [-0.15, -0.1) is 0 Å². The Kier molecular flexibility index (Phi) is 5.32. The van der Waals surface area contributed by atoms with Gasteiger partial charge in [-0.05, 0) is 48.7 Å². The Morgan fingerprint density at radius 2 is 1.76 bits per heavy atom. The molecule has 2 rings (SSSR count). The quantitative estimate of drug-likeness (QED) is 0.403. The van der Waals surface area contributed by atoms with Gasteiger partial charge in [-0.3, -0.25) is 10.1 Å². The molecule has 0 unspecified atom stereocenters. The molecule has 0 aliphatic rings. The van der Waals surface area contributed by atoms with E-state index in [0.717, 1.165) is 22.9 Å². The van der Waals surface area contributed by atoms with Crippen molar-refractivity contribution in [2.45, 2.75) is 46.2 Å². The molecule has 0 spiro atoms. The first-order valence-electron chi connectivity index (χ1n) is 8.08. The van der Waals surface area contributed by atoms with Crippen molar-refractivity contribution in [1.29, 1.82) is 0 Å². The van der Waals surface area contributed by atoms with E-state index in [2.05, 4.69) is 33.9 Å². The lowest BCUT2D eigenvalue weighted by Crippen LogP contribution is -2.20. The fourth-order valence-electron chi connectivity index (χ4n) is 3.05. The van der Waals surface area contributed by atoms with Crippen LogP contribution in [0.1, 0.15) is 31.9 Å². The number of halogens is 1. The topological polar surface area (TPSA) is 52.4 Å². The Labute approximate surface area is 149 Å². The van der Waals surface area contributed by atoms with Gasteiger partial charge in [0.1, 0.15) is 11.6 Å². The Hall–Kier alpha value is -2.21. The van der Waals surface area contributed by atoms with Crippen molar-refractivity contribution in [3.8, 4) is 16.9 Å². The number of hydrogen-bond donors (Lipinski definition) is 0. The van der Waals surface area contributed by atoms with E-state index in [9.17, 15) is 14.5 Å². The zero-order valence-electron chi connectivity index (χ0n) is 15.4. The van der Waals surface area contributed by atoms with E-state index in [1.54, 1.807) is 6.07 Å². The molecule has 0 amide bonds. The van der Waals surface area contributed by atoms with E-state index in [1.165, 1.54) is 12.1 Å². The summed E-state index contributed by atoms with van der Waals surface area (Å²) in [7, 11) is -0.951. The Balaban J connectivity index is 2.73. The highest BCUT2D eigenvalue weighted by atomic mass is 28.3. The molecule has 133 valence electrons. The molecule has 1 radical (unpaired) electrons. The minimum absolute atomic E-state index is 0.124. The molecule has 2 aromatic carbocycles. The highest BCUT2D eigenvalue weighted by Crippen LogP contribution is 2.40. The predicted octanol–water partition coefficient (Wildman–Crippen LogP) is 5.64. The second kappa shape index (κ2) is 6.96. The summed E-state index contributed by atoms with van der Waals surface area (Å²) in [4.78, 5) is 10.5. The SMILES string of the molecule is Cc1c(-c2cc([N+](=O)[O-])ccc2F)ccc(O[Si](C)C)c1C(C)(C)C. The van der Waals surface area contributed by atoms with Crippen molar-refractivity contribution in [1.82, 2.24) is 0 Å². The van der Waals surface area contributed by atoms with E-state index in [0.29, 0.717) is 5.56 Å². The van der Waals surface area contributed by atoms with Crippen LogP contribution in [0.15, 0.2) is 30.3 Å². The van der Waals surface area contributed by atoms with Crippen LogP contribution >= 0.6 is 0 Å². The lowest BCUT2D eigenvalue weighted by molar-refractivity contribution is -0.384. The first-order valence-corrected chi connectivity index (χ1v) is 10.5. The van der Waals surface area contributed by atoms with Gasteiger partial charge in [0.15, 0.2) is 0 Å². The molecule has 6 heteroatoms. The van der Waals surface area contributed by atoms with Crippen molar-refractivity contribution >= 4 is 14.7 Å². The van der Waals surface area contributed by atoms with Gasteiger partial charge in [-0.2, -0.15) is 0 Å². The fourth-order valence-corrected chi connectivity index (χ4v) is 3.66. The smallest absolute Gasteiger partial charge is 0.274 e. The highest BCUT2D eigenvalue weighted by molar-refractivity contribution is 6.49. The molecule has 0 aromatic heterocycles. The van der Waals surface area contributed by atoms with Gasteiger partial charge in [-0.25, -0.2) is 4.39 Å². The number of benzene rings is 2. The van der Waals surface area contributed by atoms with Crippen LogP contribution in [0.3, 0.4) is 0 Å². The Bertz CT molecular complexity index is 813. The van der Waals surface area contributed by atoms with Crippen molar-refractivity contribution in [2.75, 3.05) is 0 Å². The number of nitrogens with zero attached hydrogens (tertiary/aromatic N) is 1. The largest absolute Gasteiger partial charge is 0.542 e. The maximum absolute atomic E-state index is 14.4. The van der Waals surface area contributed by atoms with E-state index < -0.39 is 19.8 Å². The van der Waals surface area contributed by atoms with Gasteiger partial charge in [0, 0.05) is 23.3 Å². The minimum Gasteiger partial charge on any atom is -0.542 e. The van der Waals surface area contributed by atoms with Crippen LogP contribution < -0.4 is 4.43 Å². The maximum Gasteiger partial charge on any atom is 0.274 e. The zero-order chi connectivity index (χ0) is 18.9. The number of rotatable bonds is 4. The lowest BCUT2D eigenvalue weighted by atomic mass is 9.81. The summed E-state index contributed by atoms with van der Waals surface area (Å²) < 4.78 is 20.4. The van der Waals surface area contributed by atoms with E-state index >= 15 is 0 Å². The molecule has 25 heavy (non-hydrogen) atoms. The van der Waals surface area contributed by atoms with Gasteiger partial charge >= 0.3 is 0 Å². The normalized spacial score (nSPS) is 11.7. The van der Waals surface area contributed by atoms with Gasteiger partial charge in [0.2, 0.25) is 0 Å². The molecule has 2 aromatic rings. The fraction of sp³-hybridized carbons (Fsp3) is 0.368. The third kappa shape index (κ3) is 4.07. The monoisotopic (exact) mass is 360 g/mol. The Morgan fingerprint density at radius 3 is 2.28 bits per heavy atom. The lowest BCUT2D eigenvalue weighted by Gasteiger charge is -2.28. The standard InChI is InChI=1S/C19H23FNO3Si/c1-12-14(15-11-13(21(22)23)7-9-16(15)20)8-10-17(24-25(5)6)18(12)19(2,3)4/h7-11H,1-6H3. The van der Waals surface area contributed by atoms with Crippen LogP contribution in [0.25, 0.3) is 11.1 Å². The second-order valence-corrected chi connectivity index (χ2v) is 9.31. The average Bonchev–Trinajstić information content (AvgIpc) is 2.46. The summed E-state index contributed by atoms with van der Waals surface area (Å²) in [5.41, 5.74) is 2.45. The summed E-state index contributed by atoms with van der Waals surface area (Å²) in [6.07, 6.45) is 0. The van der Waals surface area contributed by atoms with Gasteiger partial charge < -0.3 is 4.43 Å². The average molecular weight is 360 g/mol. The van der Waals surface area contributed by atoms with Crippen LogP contribution in [0.4, 0.5) is 10.1 Å². The maximum atomic E-state index is 14.4. The first-order chi connectivity index (χ1) is 11.5. The first kappa shape index (κ1) is 19.1. The van der Waals surface area contributed by atoms with Crippen LogP contribution in [0.2, 0.25) is 13.1 Å². The molecule has 0 N–H and O–H groups in total. The molecule has 0 fully saturated rings.